The van der Waals surface area contributed by atoms with Crippen LogP contribution in [0, 0.1) is 17.1 Å². The van der Waals surface area contributed by atoms with Gasteiger partial charge in [-0.05, 0) is 43.2 Å². The van der Waals surface area contributed by atoms with E-state index in [9.17, 15) is 9.65 Å². The summed E-state index contributed by atoms with van der Waals surface area (Å²) in [6.07, 6.45) is 0.637. The first-order valence-corrected chi connectivity index (χ1v) is 8.56. The average molecular weight is 372 g/mol. The minimum absolute atomic E-state index is 0.307. The van der Waals surface area contributed by atoms with Crippen molar-refractivity contribution < 1.29 is 14.2 Å². The minimum Gasteiger partial charge on any atom is -0.481 e. The van der Waals surface area contributed by atoms with Crippen LogP contribution in [0.25, 0.3) is 5.57 Å². The second-order valence-electron chi connectivity index (χ2n) is 5.88. The van der Waals surface area contributed by atoms with Gasteiger partial charge in [-0.2, -0.15) is 5.26 Å². The van der Waals surface area contributed by atoms with Crippen molar-refractivity contribution in [1.29, 1.82) is 5.26 Å². The molecule has 26 heavy (non-hydrogen) atoms. The van der Waals surface area contributed by atoms with Crippen LogP contribution in [-0.2, 0) is 0 Å². The van der Waals surface area contributed by atoms with Crippen LogP contribution in [0.2, 0.25) is 0 Å². The number of halogens is 1. The molecule has 0 saturated heterocycles. The maximum Gasteiger partial charge on any atom is 0.141 e. The summed E-state index contributed by atoms with van der Waals surface area (Å²) in [5, 5.41) is 16.8. The highest BCUT2D eigenvalue weighted by atomic mass is 32.1. The van der Waals surface area contributed by atoms with E-state index in [1.54, 1.807) is 12.1 Å². The number of fused-ring (bicyclic) bond motifs is 1. The molecule has 2 N–H and O–H groups in total. The Morgan fingerprint density at radius 1 is 1.23 bits per heavy atom. The van der Waals surface area contributed by atoms with E-state index in [-0.39, 0.29) is 5.82 Å². The van der Waals surface area contributed by atoms with Gasteiger partial charge in [-0.1, -0.05) is 31.9 Å². The number of aliphatic hydroxyl groups is 1. The van der Waals surface area contributed by atoms with Crippen LogP contribution < -0.4 is 9.46 Å². The van der Waals surface area contributed by atoms with Gasteiger partial charge in [0.05, 0.1) is 11.6 Å². The van der Waals surface area contributed by atoms with E-state index in [4.69, 9.17) is 9.84 Å². The number of hydrogen-bond donors (Lipinski definition) is 3. The molecule has 0 fully saturated rings. The van der Waals surface area contributed by atoms with Crippen LogP contribution in [0.15, 0.2) is 48.0 Å². The predicted molar refractivity (Wildman–Crippen MR) is 105 cm³/mol. The normalized spacial score (nSPS) is 18.0. The van der Waals surface area contributed by atoms with E-state index in [0.717, 1.165) is 29.5 Å². The molecule has 1 unspecified atom stereocenters. The summed E-state index contributed by atoms with van der Waals surface area (Å²) in [6, 6.07) is 14.1. The summed E-state index contributed by atoms with van der Waals surface area (Å²) in [7, 11) is 1.00. The number of hydrogen-bond acceptors (Lipinski definition) is 5. The third kappa shape index (κ3) is 3.55. The first kappa shape index (κ1) is 19.8. The van der Waals surface area contributed by atoms with Crippen molar-refractivity contribution in [2.45, 2.75) is 25.9 Å². The van der Waals surface area contributed by atoms with Crippen molar-refractivity contribution in [1.82, 2.24) is 0 Å². The molecule has 136 valence electrons. The lowest BCUT2D eigenvalue weighted by molar-refractivity contribution is 0.124. The third-order valence-electron chi connectivity index (χ3n) is 4.41. The zero-order valence-electron chi connectivity index (χ0n) is 14.9. The lowest BCUT2D eigenvalue weighted by Crippen LogP contribution is -2.37. The van der Waals surface area contributed by atoms with Gasteiger partial charge >= 0.3 is 0 Å². The SMILES string of the molecule is CCC1(C)Oc2cc(NS)ccc2C(c2ccc(F)cc2)=C1C#N.CO. The zero-order valence-corrected chi connectivity index (χ0v) is 15.8. The number of anilines is 1. The number of nitrogens with one attached hydrogen (secondary N) is 1. The van der Waals surface area contributed by atoms with Crippen molar-refractivity contribution in [3.05, 3.63) is 65.0 Å². The van der Waals surface area contributed by atoms with Gasteiger partial charge in [0.25, 0.3) is 0 Å². The van der Waals surface area contributed by atoms with Gasteiger partial charge in [0.1, 0.15) is 17.2 Å². The molecule has 4 nitrogen and oxygen atoms in total. The fourth-order valence-corrected chi connectivity index (χ4v) is 3.05. The number of rotatable bonds is 3. The van der Waals surface area contributed by atoms with E-state index in [1.165, 1.54) is 12.1 Å². The van der Waals surface area contributed by atoms with Crippen LogP contribution in [0.5, 0.6) is 5.75 Å². The first-order chi connectivity index (χ1) is 12.5. The van der Waals surface area contributed by atoms with Crippen LogP contribution in [0.4, 0.5) is 10.1 Å². The van der Waals surface area contributed by atoms with Crippen molar-refractivity contribution >= 4 is 24.1 Å². The number of nitriles is 1. The number of benzene rings is 2. The van der Waals surface area contributed by atoms with Gasteiger partial charge in [0.2, 0.25) is 0 Å². The van der Waals surface area contributed by atoms with Crippen molar-refractivity contribution in [3.63, 3.8) is 0 Å². The fourth-order valence-electron chi connectivity index (χ4n) is 2.92. The minimum atomic E-state index is -0.735. The summed E-state index contributed by atoms with van der Waals surface area (Å²) in [5.74, 6) is 0.370. The zero-order chi connectivity index (χ0) is 19.3. The third-order valence-corrected chi connectivity index (χ3v) is 4.67. The van der Waals surface area contributed by atoms with Crippen molar-refractivity contribution in [2.75, 3.05) is 11.8 Å². The molecule has 0 amide bonds. The number of nitrogens with zero attached hydrogens (tertiary/aromatic N) is 1. The van der Waals surface area contributed by atoms with Crippen LogP contribution in [-0.4, -0.2) is 17.8 Å². The number of ether oxygens (including phenoxy) is 1. The molecule has 1 aliphatic heterocycles. The molecule has 1 heterocycles. The van der Waals surface area contributed by atoms with Gasteiger partial charge in [0, 0.05) is 30.0 Å². The second kappa shape index (κ2) is 8.26. The Kier molecular flexibility index (Phi) is 6.30. The smallest absolute Gasteiger partial charge is 0.141 e. The summed E-state index contributed by atoms with van der Waals surface area (Å²) < 4.78 is 22.3. The molecule has 1 aliphatic rings. The van der Waals surface area contributed by atoms with E-state index >= 15 is 0 Å². The summed E-state index contributed by atoms with van der Waals surface area (Å²) >= 11 is 4.07. The van der Waals surface area contributed by atoms with E-state index < -0.39 is 5.60 Å². The molecule has 0 aromatic heterocycles. The monoisotopic (exact) mass is 372 g/mol. The summed E-state index contributed by atoms with van der Waals surface area (Å²) in [5.41, 5.74) is 3.01. The number of thiol groups is 1. The number of aliphatic hydroxyl groups excluding tert-OH is 1. The molecule has 0 radical (unpaired) electrons. The summed E-state index contributed by atoms with van der Waals surface area (Å²) in [6.45, 7) is 3.88. The fraction of sp³-hybridized carbons (Fsp3) is 0.250. The highest BCUT2D eigenvalue weighted by Gasteiger charge is 2.38. The van der Waals surface area contributed by atoms with Gasteiger partial charge in [-0.3, -0.25) is 0 Å². The van der Waals surface area contributed by atoms with Crippen LogP contribution >= 0.6 is 12.8 Å². The second-order valence-corrected chi connectivity index (χ2v) is 6.10. The van der Waals surface area contributed by atoms with E-state index in [2.05, 4.69) is 23.6 Å². The molecular formula is C20H21FN2O2S. The largest absolute Gasteiger partial charge is 0.481 e. The molecule has 2 aromatic rings. The Morgan fingerprint density at radius 2 is 1.88 bits per heavy atom. The molecule has 0 bridgehead atoms. The van der Waals surface area contributed by atoms with Gasteiger partial charge in [-0.15, -0.1) is 0 Å². The van der Waals surface area contributed by atoms with Gasteiger partial charge in [-0.25, -0.2) is 4.39 Å². The van der Waals surface area contributed by atoms with E-state index in [1.807, 2.05) is 32.0 Å². The Hall–Kier alpha value is -2.49. The van der Waals surface area contributed by atoms with Crippen LogP contribution in [0.3, 0.4) is 0 Å². The molecule has 1 atom stereocenters. The maximum absolute atomic E-state index is 13.3. The topological polar surface area (TPSA) is 65.3 Å². The Balaban J connectivity index is 0.00000117. The molecule has 6 heteroatoms. The quantitative estimate of drug-likeness (QED) is 0.690. The summed E-state index contributed by atoms with van der Waals surface area (Å²) in [4.78, 5) is 0. The van der Waals surface area contributed by atoms with Crippen LogP contribution in [0.1, 0.15) is 31.4 Å². The first-order valence-electron chi connectivity index (χ1n) is 8.11. The maximum atomic E-state index is 13.3. The average Bonchev–Trinajstić information content (AvgIpc) is 2.68. The molecule has 3 rings (SSSR count). The lowest BCUT2D eigenvalue weighted by Gasteiger charge is -2.36. The Bertz CT molecular complexity index is 859. The predicted octanol–water partition coefficient (Wildman–Crippen LogP) is 4.58. The van der Waals surface area contributed by atoms with Crippen molar-refractivity contribution in [2.24, 2.45) is 0 Å². The molecule has 0 saturated carbocycles. The Morgan fingerprint density at radius 3 is 2.42 bits per heavy atom. The molecular weight excluding hydrogens is 351 g/mol. The van der Waals surface area contributed by atoms with Gasteiger partial charge in [0.15, 0.2) is 0 Å². The highest BCUT2D eigenvalue weighted by Crippen LogP contribution is 2.45. The molecule has 0 aliphatic carbocycles. The molecule has 0 spiro atoms. The lowest BCUT2D eigenvalue weighted by atomic mass is 9.81. The highest BCUT2D eigenvalue weighted by molar-refractivity contribution is 7.81. The standard InChI is InChI=1S/C19H17FN2OS.CH4O/c1-3-19(2)16(11-21)18(12-4-6-13(20)7-5-12)15-9-8-14(22-24)10-17(15)23-19;1-2/h4-10,22,24H,3H2,1-2H3;2H,1H3. The Labute approximate surface area is 158 Å². The van der Waals surface area contributed by atoms with Gasteiger partial charge < -0.3 is 14.6 Å². The van der Waals surface area contributed by atoms with E-state index in [0.29, 0.717) is 17.7 Å². The van der Waals surface area contributed by atoms with Crippen molar-refractivity contribution in [3.8, 4) is 11.8 Å². The molecule has 2 aromatic carbocycles.